The number of carbonyl (C=O) groups is 1. The van der Waals surface area contributed by atoms with Gasteiger partial charge in [0.15, 0.2) is 0 Å². The van der Waals surface area contributed by atoms with E-state index < -0.39 is 0 Å². The number of hydrogen-bond donors (Lipinski definition) is 1. The molecule has 1 N–H and O–H groups in total. The summed E-state index contributed by atoms with van der Waals surface area (Å²) in [4.78, 5) is 21.1. The Kier molecular flexibility index (Phi) is 8.88. The Morgan fingerprint density at radius 1 is 0.619 bits per heavy atom. The first-order valence-corrected chi connectivity index (χ1v) is 24.2. The van der Waals surface area contributed by atoms with E-state index in [4.69, 9.17) is 9.47 Å². The molecule has 11 atom stereocenters. The van der Waals surface area contributed by atoms with Crippen molar-refractivity contribution in [2.75, 3.05) is 0 Å². The van der Waals surface area contributed by atoms with Crippen LogP contribution in [0.2, 0.25) is 0 Å². The smallest absolute Gasteiger partial charge is 0.136 e. The summed E-state index contributed by atoms with van der Waals surface area (Å²) in [5, 5.41) is 15.5. The quantitative estimate of drug-likeness (QED) is 0.216. The van der Waals surface area contributed by atoms with Crippen LogP contribution in [0.25, 0.3) is 21.5 Å². The highest BCUT2D eigenvalue weighted by Gasteiger charge is 2.68. The SMILES string of the molecule is C.C[C@]12CC=C3C=C4CCC(=O)C[C@]45CCC3(O5)[C@@H]1CC[C@@H]2c1ccc2ccncc2c1.C[C@]12CC=C3C=C4CC[C@H](O)C[C@]45CCC3(O5)[C@@H]1CC[C@@H]2c1ccc2ccncc2c1. The molecule has 63 heavy (non-hydrogen) atoms. The lowest BCUT2D eigenvalue weighted by Crippen LogP contribution is -2.54. The number of carbonyl (C=O) groups excluding carboxylic acids is 1. The second kappa shape index (κ2) is 13.9. The molecule has 6 fully saturated rings. The van der Waals surface area contributed by atoms with Crippen molar-refractivity contribution in [3.05, 3.63) is 131 Å². The van der Waals surface area contributed by atoms with Gasteiger partial charge in [0.2, 0.25) is 0 Å². The monoisotopic (exact) mass is 840 g/mol. The molecular formula is C57H64N2O4. The summed E-state index contributed by atoms with van der Waals surface area (Å²) in [6.07, 6.45) is 33.7. The number of hydrogen-bond acceptors (Lipinski definition) is 6. The number of aliphatic hydroxyl groups is 1. The van der Waals surface area contributed by atoms with Crippen LogP contribution in [0.15, 0.2) is 120 Å². The van der Waals surface area contributed by atoms with Crippen LogP contribution < -0.4 is 0 Å². The van der Waals surface area contributed by atoms with Gasteiger partial charge in [0, 0.05) is 54.8 Å². The van der Waals surface area contributed by atoms with Crippen molar-refractivity contribution in [1.82, 2.24) is 9.97 Å². The third-order valence-corrected chi connectivity index (χ3v) is 19.3. The van der Waals surface area contributed by atoms with E-state index in [0.717, 1.165) is 64.2 Å². The first-order chi connectivity index (χ1) is 30.0. The summed E-state index contributed by atoms with van der Waals surface area (Å²) in [6, 6.07) is 18.2. The molecule has 4 aromatic rings. The molecule has 2 unspecified atom stereocenters. The Balaban J connectivity index is 0.000000132. The predicted octanol–water partition coefficient (Wildman–Crippen LogP) is 12.5. The summed E-state index contributed by atoms with van der Waals surface area (Å²) in [7, 11) is 0. The summed E-state index contributed by atoms with van der Waals surface area (Å²) in [5.74, 6) is 2.54. The third-order valence-electron chi connectivity index (χ3n) is 19.3. The largest absolute Gasteiger partial charge is 0.393 e. The van der Waals surface area contributed by atoms with E-state index in [-0.39, 0.29) is 46.8 Å². The first-order valence-electron chi connectivity index (χ1n) is 24.2. The standard InChI is InChI=1S/C28H31NO2.C28H29NO2.CH4/c2*1-26-10-8-22-15-21-4-5-23(30)16-27(21)11-12-28(22,31-27)25(26)7-6-24(26)19-3-2-18-9-13-29-17-20(18)14-19;/h2-3,8-9,13-15,17,23-25,30H,4-7,10-12,16H2,1H3;2-3,8-9,13-15,17,24-25H,4-7,10-12,16H2,1H3;1H4/t23-,24+,25+,26+,27+,28?;24-,25-,26-,27-,28?;/m01./s1. The average Bonchev–Trinajstić information content (AvgIpc) is 4.01. The molecule has 6 aliphatic carbocycles. The van der Waals surface area contributed by atoms with Crippen molar-refractivity contribution in [2.45, 2.75) is 164 Å². The molecule has 326 valence electrons. The van der Waals surface area contributed by atoms with Crippen molar-refractivity contribution in [2.24, 2.45) is 22.7 Å². The Morgan fingerprint density at radius 3 is 1.75 bits per heavy atom. The molecule has 6 heteroatoms. The van der Waals surface area contributed by atoms with Gasteiger partial charge < -0.3 is 14.6 Å². The summed E-state index contributed by atoms with van der Waals surface area (Å²) >= 11 is 0. The number of aliphatic hydroxyl groups excluding tert-OH is 1. The van der Waals surface area contributed by atoms with Gasteiger partial charge in [-0.1, -0.05) is 69.8 Å². The number of nitrogens with zero attached hydrogens (tertiary/aromatic N) is 2. The van der Waals surface area contributed by atoms with E-state index in [9.17, 15) is 9.90 Å². The maximum absolute atomic E-state index is 12.4. The number of pyridine rings is 2. The highest BCUT2D eigenvalue weighted by Crippen LogP contribution is 2.71. The van der Waals surface area contributed by atoms with Gasteiger partial charge in [0.1, 0.15) is 5.78 Å². The van der Waals surface area contributed by atoms with Gasteiger partial charge in [-0.2, -0.15) is 0 Å². The first kappa shape index (κ1) is 40.3. The van der Waals surface area contributed by atoms with Crippen molar-refractivity contribution >= 4 is 27.3 Å². The van der Waals surface area contributed by atoms with Gasteiger partial charge in [-0.3, -0.25) is 14.8 Å². The topological polar surface area (TPSA) is 81.5 Å². The minimum Gasteiger partial charge on any atom is -0.393 e. The van der Waals surface area contributed by atoms with Crippen LogP contribution in [0, 0.1) is 22.7 Å². The zero-order valence-corrected chi connectivity index (χ0v) is 36.5. The number of allylic oxidation sites excluding steroid dienone is 2. The Bertz CT molecular complexity index is 2710. The fraction of sp³-hybridized carbons (Fsp3) is 0.526. The summed E-state index contributed by atoms with van der Waals surface area (Å²) in [5.41, 5.74) is 8.24. The normalized spacial score (nSPS) is 41.3. The van der Waals surface area contributed by atoms with E-state index >= 15 is 0 Å². The van der Waals surface area contributed by atoms with E-state index in [0.29, 0.717) is 42.3 Å². The molecule has 4 saturated carbocycles. The van der Waals surface area contributed by atoms with Gasteiger partial charge in [-0.05, 0) is 186 Å². The number of benzene rings is 2. The average molecular weight is 841 g/mol. The number of ketones is 1. The van der Waals surface area contributed by atoms with Crippen LogP contribution in [0.3, 0.4) is 0 Å². The van der Waals surface area contributed by atoms with Gasteiger partial charge in [0.25, 0.3) is 0 Å². The van der Waals surface area contributed by atoms with Crippen LogP contribution >= 0.6 is 0 Å². The molecule has 2 aromatic heterocycles. The molecule has 4 aliphatic heterocycles. The van der Waals surface area contributed by atoms with Crippen LogP contribution in [0.5, 0.6) is 0 Å². The minimum atomic E-state index is -0.294. The molecule has 6 nitrogen and oxygen atoms in total. The van der Waals surface area contributed by atoms with Gasteiger partial charge in [0.05, 0.1) is 28.5 Å². The molecule has 10 aliphatic rings. The zero-order valence-electron chi connectivity index (χ0n) is 36.5. The molecule has 0 amide bonds. The Hall–Kier alpha value is -4.23. The van der Waals surface area contributed by atoms with E-state index in [2.05, 4.69) is 96.7 Å². The second-order valence-electron chi connectivity index (χ2n) is 22.0. The van der Waals surface area contributed by atoms with Gasteiger partial charge >= 0.3 is 0 Å². The number of rotatable bonds is 2. The molecule has 14 rings (SSSR count). The summed E-state index contributed by atoms with van der Waals surface area (Å²) in [6.45, 7) is 5.03. The van der Waals surface area contributed by atoms with Gasteiger partial charge in [-0.15, -0.1) is 0 Å². The minimum absolute atomic E-state index is 0. The van der Waals surface area contributed by atoms with Crippen LogP contribution in [0.4, 0.5) is 0 Å². The van der Waals surface area contributed by atoms with Crippen LogP contribution in [-0.4, -0.2) is 49.4 Å². The predicted molar refractivity (Wildman–Crippen MR) is 249 cm³/mol. The molecule has 0 radical (unpaired) electrons. The summed E-state index contributed by atoms with van der Waals surface area (Å²) < 4.78 is 14.3. The number of Topliss-reactive ketones (excluding diaryl/α,β-unsaturated/α-hetero) is 1. The Labute approximate surface area is 373 Å². The number of aromatic nitrogens is 2. The lowest BCUT2D eigenvalue weighted by Gasteiger charge is -2.54. The molecule has 2 aromatic carbocycles. The second-order valence-corrected chi connectivity index (χ2v) is 22.0. The molecule has 4 spiro atoms. The highest BCUT2D eigenvalue weighted by atomic mass is 16.5. The molecular weight excluding hydrogens is 777 g/mol. The third kappa shape index (κ3) is 5.56. The van der Waals surface area contributed by atoms with Crippen LogP contribution in [-0.2, 0) is 14.3 Å². The highest BCUT2D eigenvalue weighted by molar-refractivity contribution is 5.84. The van der Waals surface area contributed by atoms with Crippen molar-refractivity contribution in [3.63, 3.8) is 0 Å². The zero-order chi connectivity index (χ0) is 41.7. The maximum Gasteiger partial charge on any atom is 0.136 e. The lowest BCUT2D eigenvalue weighted by atomic mass is 9.58. The number of ether oxygens (including phenoxy) is 2. The van der Waals surface area contributed by atoms with E-state index in [1.807, 2.05) is 24.8 Å². The maximum atomic E-state index is 12.4. The fourth-order valence-electron chi connectivity index (χ4n) is 16.3. The fourth-order valence-corrected chi connectivity index (χ4v) is 16.3. The molecule has 4 bridgehead atoms. The van der Waals surface area contributed by atoms with E-state index in [1.165, 1.54) is 80.6 Å². The lowest BCUT2D eigenvalue weighted by molar-refractivity contribution is -0.146. The van der Waals surface area contributed by atoms with E-state index in [1.54, 1.807) is 0 Å². The molecule has 2 saturated heterocycles. The van der Waals surface area contributed by atoms with Gasteiger partial charge in [-0.25, -0.2) is 0 Å². The van der Waals surface area contributed by atoms with Crippen LogP contribution in [0.1, 0.15) is 147 Å². The van der Waals surface area contributed by atoms with Crippen molar-refractivity contribution in [1.29, 1.82) is 0 Å². The molecule has 6 heterocycles. The number of fused-ring (bicyclic) bond motifs is 4. The Morgan fingerprint density at radius 2 is 1.16 bits per heavy atom. The van der Waals surface area contributed by atoms with Crippen molar-refractivity contribution in [3.8, 4) is 0 Å². The van der Waals surface area contributed by atoms with Crippen molar-refractivity contribution < 1.29 is 19.4 Å².